The van der Waals surface area contributed by atoms with Crippen molar-refractivity contribution in [2.75, 3.05) is 53.5 Å². The Balaban J connectivity index is 1.32. The second-order valence-electron chi connectivity index (χ2n) is 8.35. The number of hydrogen-bond donors (Lipinski definition) is 1. The first-order valence-electron chi connectivity index (χ1n) is 11.0. The Labute approximate surface area is 175 Å². The van der Waals surface area contributed by atoms with E-state index in [1.54, 1.807) is 7.05 Å². The lowest BCUT2D eigenvalue weighted by molar-refractivity contribution is -0.131. The average Bonchev–Trinajstić information content (AvgIpc) is 3.57. The molecule has 1 aliphatic carbocycles. The van der Waals surface area contributed by atoms with E-state index in [9.17, 15) is 4.79 Å². The van der Waals surface area contributed by atoms with Crippen LogP contribution in [0.2, 0.25) is 0 Å². The van der Waals surface area contributed by atoms with Crippen molar-refractivity contribution in [2.24, 2.45) is 16.8 Å². The van der Waals surface area contributed by atoms with Crippen LogP contribution in [0.15, 0.2) is 35.3 Å². The molecule has 1 aromatic rings. The largest absolute Gasteiger partial charge is 0.379 e. The quantitative estimate of drug-likeness (QED) is 0.393. The molecular weight excluding hydrogens is 364 g/mol. The monoisotopic (exact) mass is 400 g/mol. The van der Waals surface area contributed by atoms with Crippen LogP contribution < -0.4 is 5.32 Å². The SMILES string of the molecule is CN=C(NCC(=O)N1CCC(Cc2ccccc2)CC1)N(C)CCOCC1CC1. The molecule has 1 aliphatic heterocycles. The molecule has 1 aromatic carbocycles. The molecule has 0 atom stereocenters. The summed E-state index contributed by atoms with van der Waals surface area (Å²) in [7, 11) is 3.73. The molecule has 0 bridgehead atoms. The molecule has 1 heterocycles. The number of aliphatic imine (C=N–C) groups is 1. The molecule has 0 spiro atoms. The highest BCUT2D eigenvalue weighted by Crippen LogP contribution is 2.28. The minimum atomic E-state index is 0.155. The van der Waals surface area contributed by atoms with Crippen molar-refractivity contribution in [3.63, 3.8) is 0 Å². The molecule has 160 valence electrons. The van der Waals surface area contributed by atoms with Gasteiger partial charge >= 0.3 is 0 Å². The minimum absolute atomic E-state index is 0.155. The Hall–Kier alpha value is -2.08. The Morgan fingerprint density at radius 1 is 1.17 bits per heavy atom. The highest BCUT2D eigenvalue weighted by Gasteiger charge is 2.23. The summed E-state index contributed by atoms with van der Waals surface area (Å²) in [5, 5.41) is 3.21. The topological polar surface area (TPSA) is 57.2 Å². The van der Waals surface area contributed by atoms with Crippen LogP contribution in [0, 0.1) is 11.8 Å². The van der Waals surface area contributed by atoms with Crippen molar-refractivity contribution in [2.45, 2.75) is 32.1 Å². The zero-order valence-electron chi connectivity index (χ0n) is 18.0. The van der Waals surface area contributed by atoms with Crippen molar-refractivity contribution in [3.05, 3.63) is 35.9 Å². The van der Waals surface area contributed by atoms with Gasteiger partial charge in [0.25, 0.3) is 0 Å². The summed E-state index contributed by atoms with van der Waals surface area (Å²) in [6, 6.07) is 10.6. The van der Waals surface area contributed by atoms with Gasteiger partial charge in [0.1, 0.15) is 0 Å². The number of benzene rings is 1. The smallest absolute Gasteiger partial charge is 0.241 e. The number of piperidine rings is 1. The molecule has 1 amide bonds. The lowest BCUT2D eigenvalue weighted by Gasteiger charge is -2.32. The van der Waals surface area contributed by atoms with E-state index >= 15 is 0 Å². The van der Waals surface area contributed by atoms with Crippen LogP contribution in [-0.2, 0) is 16.0 Å². The predicted molar refractivity (Wildman–Crippen MR) is 117 cm³/mol. The third-order valence-corrected chi connectivity index (χ3v) is 5.93. The van der Waals surface area contributed by atoms with E-state index in [4.69, 9.17) is 4.74 Å². The molecule has 2 aliphatic rings. The van der Waals surface area contributed by atoms with Crippen molar-refractivity contribution < 1.29 is 9.53 Å². The van der Waals surface area contributed by atoms with Gasteiger partial charge in [-0.1, -0.05) is 30.3 Å². The summed E-state index contributed by atoms with van der Waals surface area (Å²) in [6.07, 6.45) is 5.89. The van der Waals surface area contributed by atoms with Crippen molar-refractivity contribution >= 4 is 11.9 Å². The number of likely N-dealkylation sites (tertiary alicyclic amines) is 1. The maximum Gasteiger partial charge on any atom is 0.241 e. The summed E-state index contributed by atoms with van der Waals surface area (Å²) in [4.78, 5) is 20.9. The number of carbonyl (C=O) groups excluding carboxylic acids is 1. The van der Waals surface area contributed by atoms with E-state index in [1.807, 2.05) is 16.8 Å². The van der Waals surface area contributed by atoms with Gasteiger partial charge in [0, 0.05) is 40.3 Å². The highest BCUT2D eigenvalue weighted by molar-refractivity contribution is 5.86. The van der Waals surface area contributed by atoms with Crippen LogP contribution in [0.5, 0.6) is 0 Å². The fourth-order valence-corrected chi connectivity index (χ4v) is 3.83. The van der Waals surface area contributed by atoms with Gasteiger partial charge in [-0.15, -0.1) is 0 Å². The molecule has 0 radical (unpaired) electrons. The lowest BCUT2D eigenvalue weighted by Crippen LogP contribution is -2.47. The Morgan fingerprint density at radius 2 is 1.90 bits per heavy atom. The number of hydrogen-bond acceptors (Lipinski definition) is 3. The van der Waals surface area contributed by atoms with Crippen LogP contribution in [0.4, 0.5) is 0 Å². The number of likely N-dealkylation sites (N-methyl/N-ethyl adjacent to an activating group) is 1. The van der Waals surface area contributed by atoms with Crippen LogP contribution >= 0.6 is 0 Å². The zero-order valence-corrected chi connectivity index (χ0v) is 18.0. The molecule has 3 rings (SSSR count). The summed E-state index contributed by atoms with van der Waals surface area (Å²) in [6.45, 7) is 4.33. The number of ether oxygens (including phenoxy) is 1. The van der Waals surface area contributed by atoms with Crippen LogP contribution in [0.25, 0.3) is 0 Å². The normalized spacial score (nSPS) is 18.0. The second-order valence-corrected chi connectivity index (χ2v) is 8.35. The highest BCUT2D eigenvalue weighted by atomic mass is 16.5. The van der Waals surface area contributed by atoms with E-state index in [2.05, 4.69) is 40.6 Å². The standard InChI is InChI=1S/C23H36N4O2/c1-24-23(26(2)14-15-29-18-21-8-9-21)25-17-22(28)27-12-10-20(11-13-27)16-19-6-4-3-5-7-19/h3-7,20-21H,8-18H2,1-2H3,(H,24,25). The van der Waals surface area contributed by atoms with Gasteiger partial charge in [0.05, 0.1) is 13.2 Å². The third kappa shape index (κ3) is 7.35. The van der Waals surface area contributed by atoms with Crippen LogP contribution in [0.3, 0.4) is 0 Å². The van der Waals surface area contributed by atoms with Gasteiger partial charge in [0.2, 0.25) is 5.91 Å². The van der Waals surface area contributed by atoms with Crippen LogP contribution in [0.1, 0.15) is 31.2 Å². The molecule has 0 aromatic heterocycles. The molecular formula is C23H36N4O2. The lowest BCUT2D eigenvalue weighted by atomic mass is 9.90. The van der Waals surface area contributed by atoms with E-state index in [0.29, 0.717) is 19.1 Å². The Morgan fingerprint density at radius 3 is 2.55 bits per heavy atom. The average molecular weight is 401 g/mol. The Kier molecular flexibility index (Phi) is 8.35. The number of rotatable bonds is 9. The molecule has 6 heteroatoms. The van der Waals surface area contributed by atoms with Gasteiger partial charge in [-0.2, -0.15) is 0 Å². The summed E-state index contributed by atoms with van der Waals surface area (Å²) in [5.41, 5.74) is 1.40. The van der Waals surface area contributed by atoms with E-state index in [-0.39, 0.29) is 5.91 Å². The number of guanidine groups is 1. The first-order chi connectivity index (χ1) is 14.2. The third-order valence-electron chi connectivity index (χ3n) is 5.93. The summed E-state index contributed by atoms with van der Waals surface area (Å²) >= 11 is 0. The molecule has 6 nitrogen and oxygen atoms in total. The minimum Gasteiger partial charge on any atom is -0.379 e. The first-order valence-corrected chi connectivity index (χ1v) is 11.0. The molecule has 1 saturated carbocycles. The van der Waals surface area contributed by atoms with Gasteiger partial charge in [-0.3, -0.25) is 9.79 Å². The second kappa shape index (κ2) is 11.2. The van der Waals surface area contributed by atoms with Crippen molar-refractivity contribution in [1.82, 2.24) is 15.1 Å². The molecule has 29 heavy (non-hydrogen) atoms. The molecule has 2 fully saturated rings. The summed E-state index contributed by atoms with van der Waals surface area (Å²) in [5.74, 6) is 2.35. The first kappa shape index (κ1) is 21.6. The zero-order chi connectivity index (χ0) is 20.5. The van der Waals surface area contributed by atoms with Crippen molar-refractivity contribution in [3.8, 4) is 0 Å². The number of carbonyl (C=O) groups is 1. The number of nitrogens with one attached hydrogen (secondary N) is 1. The van der Waals surface area contributed by atoms with Gasteiger partial charge in [-0.25, -0.2) is 0 Å². The fraction of sp³-hybridized carbons (Fsp3) is 0.652. The van der Waals surface area contributed by atoms with E-state index in [0.717, 1.165) is 57.4 Å². The number of nitrogens with zero attached hydrogens (tertiary/aromatic N) is 3. The van der Waals surface area contributed by atoms with E-state index < -0.39 is 0 Å². The van der Waals surface area contributed by atoms with Gasteiger partial charge in [-0.05, 0) is 49.5 Å². The van der Waals surface area contributed by atoms with Gasteiger partial charge < -0.3 is 19.9 Å². The maximum absolute atomic E-state index is 12.6. The fourth-order valence-electron chi connectivity index (χ4n) is 3.83. The number of amides is 1. The van der Waals surface area contributed by atoms with Crippen molar-refractivity contribution in [1.29, 1.82) is 0 Å². The van der Waals surface area contributed by atoms with Crippen LogP contribution in [-0.4, -0.2) is 75.2 Å². The molecule has 1 N–H and O–H groups in total. The molecule has 1 saturated heterocycles. The predicted octanol–water partition coefficient (Wildman–Crippen LogP) is 2.40. The maximum atomic E-state index is 12.6. The van der Waals surface area contributed by atoms with E-state index in [1.165, 1.54) is 18.4 Å². The summed E-state index contributed by atoms with van der Waals surface area (Å²) < 4.78 is 5.70. The molecule has 0 unspecified atom stereocenters. The Bertz CT molecular complexity index is 652. The van der Waals surface area contributed by atoms with Gasteiger partial charge in [0.15, 0.2) is 5.96 Å².